The van der Waals surface area contributed by atoms with Gasteiger partial charge in [0.05, 0.1) is 37.9 Å². The topological polar surface area (TPSA) is 171 Å². The van der Waals surface area contributed by atoms with E-state index in [9.17, 15) is 22.8 Å². The van der Waals surface area contributed by atoms with Gasteiger partial charge < -0.3 is 14.2 Å². The number of amides is 2. The summed E-state index contributed by atoms with van der Waals surface area (Å²) in [4.78, 5) is 44.8. The van der Waals surface area contributed by atoms with Gasteiger partial charge in [0.1, 0.15) is 0 Å². The average Bonchev–Trinajstić information content (AvgIpc) is 2.77. The van der Waals surface area contributed by atoms with Gasteiger partial charge in [-0.1, -0.05) is 0 Å². The van der Waals surface area contributed by atoms with Crippen molar-refractivity contribution in [3.63, 3.8) is 0 Å². The summed E-state index contributed by atoms with van der Waals surface area (Å²) in [6.45, 7) is 1.19. The summed E-state index contributed by atoms with van der Waals surface area (Å²) in [6, 6.07) is 4.48. The van der Waals surface area contributed by atoms with Gasteiger partial charge in [-0.2, -0.15) is 15.0 Å². The van der Waals surface area contributed by atoms with Crippen molar-refractivity contribution < 1.29 is 37.0 Å². The lowest BCUT2D eigenvalue weighted by Gasteiger charge is -2.29. The molecule has 0 atom stereocenters. The Hall–Kier alpha value is -3.78. The molecule has 0 aliphatic heterocycles. The molecule has 14 heteroatoms. The van der Waals surface area contributed by atoms with Gasteiger partial charge in [-0.3, -0.25) is 9.59 Å². The number of sulfonamides is 1. The summed E-state index contributed by atoms with van der Waals surface area (Å²) in [5, 5.41) is 6.90. The van der Waals surface area contributed by atoms with Crippen LogP contribution in [-0.4, -0.2) is 69.6 Å². The van der Waals surface area contributed by atoms with Gasteiger partial charge in [0.25, 0.3) is 11.9 Å². The number of hydrogen-bond acceptors (Lipinski definition) is 10. The maximum Gasteiger partial charge on any atom is 0.339 e. The van der Waals surface area contributed by atoms with Crippen molar-refractivity contribution in [2.75, 3.05) is 33.4 Å². The van der Waals surface area contributed by atoms with Crippen LogP contribution in [0, 0.1) is 0 Å². The maximum atomic E-state index is 13.3. The predicted molar refractivity (Wildman–Crippen MR) is 110 cm³/mol. The van der Waals surface area contributed by atoms with Crippen molar-refractivity contribution in [3.05, 3.63) is 35.4 Å². The zero-order valence-electron chi connectivity index (χ0n) is 17.8. The van der Waals surface area contributed by atoms with E-state index in [-0.39, 0.29) is 28.8 Å². The minimum absolute atomic E-state index is 0.0351. The first-order valence-corrected chi connectivity index (χ1v) is 10.3. The number of nitrogens with two attached hydrogens (primary N) is 1. The number of hydrogen-bond donors (Lipinski definition) is 1. The van der Waals surface area contributed by atoms with Crippen LogP contribution in [0.15, 0.2) is 29.2 Å². The molecule has 0 spiro atoms. The molecule has 2 aromatic rings. The molecule has 2 rings (SSSR count). The number of primary sulfonamides is 1. The first-order chi connectivity index (χ1) is 14.9. The summed E-state index contributed by atoms with van der Waals surface area (Å²) in [5.41, 5.74) is -0.600. The van der Waals surface area contributed by atoms with E-state index in [0.717, 1.165) is 29.3 Å². The normalized spacial score (nSPS) is 10.8. The summed E-state index contributed by atoms with van der Waals surface area (Å²) < 4.78 is 38.7. The molecule has 0 radical (unpaired) electrons. The van der Waals surface area contributed by atoms with Crippen LogP contribution in [0.5, 0.6) is 11.8 Å². The van der Waals surface area contributed by atoms with E-state index in [1.807, 2.05) is 0 Å². The lowest BCUT2D eigenvalue weighted by atomic mass is 10.1. The van der Waals surface area contributed by atoms with Gasteiger partial charge in [0.15, 0.2) is 0 Å². The third-order valence-electron chi connectivity index (χ3n) is 4.16. The minimum atomic E-state index is -4.42. The van der Waals surface area contributed by atoms with Crippen molar-refractivity contribution in [3.8, 4) is 11.8 Å². The Labute approximate surface area is 183 Å². The molecule has 0 aliphatic rings. The van der Waals surface area contributed by atoms with Crippen molar-refractivity contribution in [1.82, 2.24) is 15.0 Å². The van der Waals surface area contributed by atoms with Crippen molar-refractivity contribution in [2.24, 2.45) is 5.14 Å². The summed E-state index contributed by atoms with van der Waals surface area (Å²) in [6.07, 6.45) is 0. The van der Waals surface area contributed by atoms with Crippen LogP contribution in [-0.2, 0) is 19.6 Å². The van der Waals surface area contributed by atoms with Gasteiger partial charge in [-0.15, -0.1) is 0 Å². The van der Waals surface area contributed by atoms with Crippen molar-refractivity contribution in [2.45, 2.75) is 11.8 Å². The second kappa shape index (κ2) is 9.57. The molecule has 32 heavy (non-hydrogen) atoms. The van der Waals surface area contributed by atoms with Crippen LogP contribution in [0.3, 0.4) is 0 Å². The highest BCUT2D eigenvalue weighted by molar-refractivity contribution is 7.89. The van der Waals surface area contributed by atoms with Crippen LogP contribution >= 0.6 is 0 Å². The first-order valence-electron chi connectivity index (χ1n) is 8.75. The highest BCUT2D eigenvalue weighted by Crippen LogP contribution is 2.24. The molecular weight excluding hydrogens is 446 g/mol. The smallest absolute Gasteiger partial charge is 0.339 e. The molecule has 0 bridgehead atoms. The number of aromatic nitrogens is 2. The first kappa shape index (κ1) is 24.5. The second-order valence-electron chi connectivity index (χ2n) is 6.16. The predicted octanol–water partition coefficient (Wildman–Crippen LogP) is -0.0321. The molecule has 2 N–H and O–H groups in total. The summed E-state index contributed by atoms with van der Waals surface area (Å²) in [7, 11) is 0.581. The Morgan fingerprint density at radius 3 is 2.00 bits per heavy atom. The number of benzene rings is 1. The van der Waals surface area contributed by atoms with Gasteiger partial charge in [0.2, 0.25) is 27.7 Å². The van der Waals surface area contributed by atoms with E-state index in [0.29, 0.717) is 0 Å². The Balaban J connectivity index is 2.71. The molecule has 0 unspecified atom stereocenters. The molecule has 1 aromatic carbocycles. The zero-order chi connectivity index (χ0) is 24.2. The van der Waals surface area contributed by atoms with E-state index in [1.165, 1.54) is 40.3 Å². The number of ether oxygens (including phenoxy) is 3. The van der Waals surface area contributed by atoms with E-state index in [4.69, 9.17) is 14.6 Å². The van der Waals surface area contributed by atoms with Crippen LogP contribution in [0.4, 0.5) is 5.95 Å². The summed E-state index contributed by atoms with van der Waals surface area (Å²) in [5.74, 6) is -2.66. The number of hydrazine groups is 1. The highest BCUT2D eigenvalue weighted by Gasteiger charge is 2.30. The van der Waals surface area contributed by atoms with Gasteiger partial charge in [-0.05, 0) is 18.2 Å². The van der Waals surface area contributed by atoms with Gasteiger partial charge >= 0.3 is 5.97 Å². The molecule has 0 saturated carbocycles. The molecule has 0 saturated heterocycles. The highest BCUT2D eigenvalue weighted by atomic mass is 32.2. The van der Waals surface area contributed by atoms with Gasteiger partial charge in [-0.25, -0.2) is 23.4 Å². The number of carbonyl (C=O) groups excluding carboxylic acids is 3. The standard InChI is InChI=1S/C18H21N5O8S/c1-10(24)22(2)23(18-20-14(29-3)9-15(21-18)30-4)16(25)11-6-7-12(17(26)31-5)13(8-11)32(19,27)28/h6-9H,1-5H3,(H2,19,27,28). The van der Waals surface area contributed by atoms with Crippen molar-refractivity contribution in [1.29, 1.82) is 0 Å². The Bertz CT molecular complexity index is 1150. The van der Waals surface area contributed by atoms with E-state index in [1.54, 1.807) is 0 Å². The number of rotatable bonds is 6. The fourth-order valence-electron chi connectivity index (χ4n) is 2.49. The molecule has 0 fully saturated rings. The molecule has 2 amide bonds. The Morgan fingerprint density at radius 1 is 1.00 bits per heavy atom. The fraction of sp³-hybridized carbons (Fsp3) is 0.278. The largest absolute Gasteiger partial charge is 0.481 e. The second-order valence-corrected chi connectivity index (χ2v) is 7.69. The van der Waals surface area contributed by atoms with E-state index in [2.05, 4.69) is 14.7 Å². The Kier molecular flexibility index (Phi) is 7.32. The number of esters is 1. The van der Waals surface area contributed by atoms with Crippen LogP contribution in [0.25, 0.3) is 0 Å². The lowest BCUT2D eigenvalue weighted by Crippen LogP contribution is -2.48. The molecule has 1 heterocycles. The number of methoxy groups -OCH3 is 3. The summed E-state index contributed by atoms with van der Waals surface area (Å²) >= 11 is 0. The van der Waals surface area contributed by atoms with Gasteiger partial charge in [0, 0.05) is 19.5 Å². The number of anilines is 1. The molecular formula is C18H21N5O8S. The third-order valence-corrected chi connectivity index (χ3v) is 5.11. The number of nitrogens with zero attached hydrogens (tertiary/aromatic N) is 4. The molecule has 1 aromatic heterocycles. The SMILES string of the molecule is COC(=O)c1ccc(C(=O)N(c2nc(OC)cc(OC)n2)N(C)C(C)=O)cc1S(N)(=O)=O. The van der Waals surface area contributed by atoms with Crippen molar-refractivity contribution >= 4 is 33.8 Å². The van der Waals surface area contributed by atoms with E-state index >= 15 is 0 Å². The van der Waals surface area contributed by atoms with Crippen LogP contribution < -0.4 is 19.6 Å². The quantitative estimate of drug-likeness (QED) is 0.449. The van der Waals surface area contributed by atoms with Crippen LogP contribution in [0.2, 0.25) is 0 Å². The average molecular weight is 467 g/mol. The Morgan fingerprint density at radius 2 is 1.56 bits per heavy atom. The molecule has 0 aliphatic carbocycles. The van der Waals surface area contributed by atoms with E-state index < -0.39 is 32.7 Å². The maximum absolute atomic E-state index is 13.3. The zero-order valence-corrected chi connectivity index (χ0v) is 18.7. The lowest BCUT2D eigenvalue weighted by molar-refractivity contribution is -0.127. The third kappa shape index (κ3) is 5.09. The number of carbonyl (C=O) groups is 3. The monoisotopic (exact) mass is 467 g/mol. The minimum Gasteiger partial charge on any atom is -0.481 e. The van der Waals surface area contributed by atoms with Crippen LogP contribution in [0.1, 0.15) is 27.6 Å². The molecule has 13 nitrogen and oxygen atoms in total. The fourth-order valence-corrected chi connectivity index (χ4v) is 3.24. The molecule has 172 valence electrons.